The summed E-state index contributed by atoms with van der Waals surface area (Å²) >= 11 is 1.68. The summed E-state index contributed by atoms with van der Waals surface area (Å²) in [6.45, 7) is 2.01. The van der Waals surface area contributed by atoms with Gasteiger partial charge in [-0.3, -0.25) is 4.79 Å². The molecule has 0 saturated carbocycles. The number of hydrogen-bond donors (Lipinski definition) is 1. The summed E-state index contributed by atoms with van der Waals surface area (Å²) < 4.78 is 5.63. The number of benzene rings is 2. The van der Waals surface area contributed by atoms with Gasteiger partial charge in [-0.2, -0.15) is 0 Å². The van der Waals surface area contributed by atoms with Gasteiger partial charge in [0.2, 0.25) is 0 Å². The third-order valence-electron chi connectivity index (χ3n) is 3.32. The number of nitrogens with one attached hydrogen (secondary N) is 1. The molecule has 3 aromatic rings. The second-order valence-electron chi connectivity index (χ2n) is 5.19. The smallest absolute Gasteiger partial charge is 0.291 e. The fourth-order valence-corrected chi connectivity index (χ4v) is 2.89. The first kappa shape index (κ1) is 15.4. The maximum absolute atomic E-state index is 12.2. The zero-order valence-electron chi connectivity index (χ0n) is 12.8. The predicted molar refractivity (Wildman–Crippen MR) is 93.8 cm³/mol. The monoisotopic (exact) mass is 323 g/mol. The third-order valence-corrected chi connectivity index (χ3v) is 4.35. The highest BCUT2D eigenvalue weighted by Crippen LogP contribution is 2.23. The molecule has 4 heteroatoms. The van der Waals surface area contributed by atoms with E-state index in [1.165, 1.54) is 4.90 Å². The average Bonchev–Trinajstić information content (AvgIpc) is 3.05. The molecule has 0 bridgehead atoms. The fourth-order valence-electron chi connectivity index (χ4n) is 2.08. The summed E-state index contributed by atoms with van der Waals surface area (Å²) in [5, 5.41) is 2.83. The second kappa shape index (κ2) is 7.20. The minimum Gasteiger partial charge on any atom is -0.455 e. The third kappa shape index (κ3) is 4.27. The van der Waals surface area contributed by atoms with Crippen molar-refractivity contribution in [2.45, 2.75) is 17.6 Å². The van der Waals surface area contributed by atoms with E-state index in [2.05, 4.69) is 17.4 Å². The number of aryl methyl sites for hydroxylation is 1. The van der Waals surface area contributed by atoms with Crippen LogP contribution in [0.1, 0.15) is 21.9 Å². The van der Waals surface area contributed by atoms with Gasteiger partial charge in [0.15, 0.2) is 5.76 Å². The van der Waals surface area contributed by atoms with Crippen molar-refractivity contribution in [1.82, 2.24) is 0 Å². The summed E-state index contributed by atoms with van der Waals surface area (Å²) in [5.74, 6) is 1.58. The molecule has 3 nitrogen and oxygen atoms in total. The van der Waals surface area contributed by atoms with E-state index in [-0.39, 0.29) is 5.91 Å². The van der Waals surface area contributed by atoms with Crippen molar-refractivity contribution in [1.29, 1.82) is 0 Å². The minimum absolute atomic E-state index is 0.232. The molecule has 1 aromatic heterocycles. The Morgan fingerprint density at radius 1 is 1.00 bits per heavy atom. The van der Waals surface area contributed by atoms with Gasteiger partial charge in [-0.05, 0) is 43.3 Å². The molecule has 2 aromatic carbocycles. The van der Waals surface area contributed by atoms with Gasteiger partial charge in [-0.1, -0.05) is 35.9 Å². The Morgan fingerprint density at radius 2 is 1.74 bits per heavy atom. The average molecular weight is 323 g/mol. The van der Waals surface area contributed by atoms with Crippen LogP contribution in [0, 0.1) is 6.92 Å². The Bertz CT molecular complexity index is 779. The number of thioether (sulfide) groups is 1. The normalized spacial score (nSPS) is 10.5. The van der Waals surface area contributed by atoms with E-state index in [1.807, 2.05) is 55.5 Å². The largest absolute Gasteiger partial charge is 0.455 e. The molecule has 1 N–H and O–H groups in total. The van der Waals surface area contributed by atoms with Crippen molar-refractivity contribution < 1.29 is 9.21 Å². The van der Waals surface area contributed by atoms with Crippen molar-refractivity contribution >= 4 is 23.4 Å². The highest BCUT2D eigenvalue weighted by atomic mass is 32.2. The topological polar surface area (TPSA) is 42.2 Å². The molecule has 0 radical (unpaired) electrons. The Morgan fingerprint density at radius 3 is 2.48 bits per heavy atom. The number of rotatable bonds is 5. The number of carbonyl (C=O) groups excluding carboxylic acids is 1. The van der Waals surface area contributed by atoms with Crippen LogP contribution in [0.4, 0.5) is 5.69 Å². The SMILES string of the molecule is Cc1ccc(NC(=O)c2ccc(CSc3ccccc3)o2)cc1. The molecule has 1 amide bonds. The Labute approximate surface area is 139 Å². The molecule has 1 heterocycles. The van der Waals surface area contributed by atoms with E-state index in [1.54, 1.807) is 17.8 Å². The molecule has 23 heavy (non-hydrogen) atoms. The fraction of sp³-hybridized carbons (Fsp3) is 0.105. The lowest BCUT2D eigenvalue weighted by atomic mass is 10.2. The van der Waals surface area contributed by atoms with E-state index in [4.69, 9.17) is 4.42 Å². The van der Waals surface area contributed by atoms with Crippen LogP contribution in [-0.4, -0.2) is 5.91 Å². The molecule has 0 unspecified atom stereocenters. The van der Waals surface area contributed by atoms with Crippen LogP contribution >= 0.6 is 11.8 Å². The summed E-state index contributed by atoms with van der Waals surface area (Å²) in [5.41, 5.74) is 1.92. The van der Waals surface area contributed by atoms with Gasteiger partial charge in [0.05, 0.1) is 5.75 Å². The Kier molecular flexibility index (Phi) is 4.83. The molecule has 0 atom stereocenters. The number of furan rings is 1. The molecular formula is C19H17NO2S. The first-order valence-electron chi connectivity index (χ1n) is 7.35. The molecule has 0 aliphatic heterocycles. The zero-order valence-corrected chi connectivity index (χ0v) is 13.6. The molecule has 3 rings (SSSR count). The number of hydrogen-bond acceptors (Lipinski definition) is 3. The zero-order chi connectivity index (χ0) is 16.1. The molecule has 0 fully saturated rings. The van der Waals surface area contributed by atoms with Gasteiger partial charge in [-0.25, -0.2) is 0 Å². The Hall–Kier alpha value is -2.46. The standard InChI is InChI=1S/C19H17NO2S/c1-14-7-9-15(10-8-14)20-19(21)18-12-11-16(22-18)13-23-17-5-3-2-4-6-17/h2-12H,13H2,1H3,(H,20,21). The van der Waals surface area contributed by atoms with Crippen molar-refractivity contribution in [3.05, 3.63) is 83.8 Å². The van der Waals surface area contributed by atoms with E-state index in [0.29, 0.717) is 11.5 Å². The van der Waals surface area contributed by atoms with Crippen LogP contribution in [0.3, 0.4) is 0 Å². The van der Waals surface area contributed by atoms with Crippen LogP contribution in [0.15, 0.2) is 76.0 Å². The van der Waals surface area contributed by atoms with Gasteiger partial charge < -0.3 is 9.73 Å². The maximum atomic E-state index is 12.2. The van der Waals surface area contributed by atoms with Crippen LogP contribution in [-0.2, 0) is 5.75 Å². The summed E-state index contributed by atoms with van der Waals surface area (Å²) in [6, 6.07) is 21.3. The highest BCUT2D eigenvalue weighted by Gasteiger charge is 2.11. The van der Waals surface area contributed by atoms with E-state index in [9.17, 15) is 4.79 Å². The molecular weight excluding hydrogens is 306 g/mol. The van der Waals surface area contributed by atoms with Crippen LogP contribution in [0.2, 0.25) is 0 Å². The van der Waals surface area contributed by atoms with Gasteiger partial charge >= 0.3 is 0 Å². The lowest BCUT2D eigenvalue weighted by molar-refractivity contribution is 0.0995. The molecule has 0 aliphatic rings. The lowest BCUT2D eigenvalue weighted by Crippen LogP contribution is -2.10. The molecule has 0 spiro atoms. The Balaban J connectivity index is 1.59. The van der Waals surface area contributed by atoms with Gasteiger partial charge in [0.25, 0.3) is 5.91 Å². The van der Waals surface area contributed by atoms with E-state index < -0.39 is 0 Å². The number of carbonyl (C=O) groups is 1. The van der Waals surface area contributed by atoms with Crippen LogP contribution in [0.25, 0.3) is 0 Å². The number of amides is 1. The minimum atomic E-state index is -0.232. The van der Waals surface area contributed by atoms with Crippen LogP contribution < -0.4 is 5.32 Å². The molecule has 0 aliphatic carbocycles. The summed E-state index contributed by atoms with van der Waals surface area (Å²) in [6.07, 6.45) is 0. The predicted octanol–water partition coefficient (Wildman–Crippen LogP) is 5.13. The molecule has 0 saturated heterocycles. The van der Waals surface area contributed by atoms with Gasteiger partial charge in [0, 0.05) is 10.6 Å². The highest BCUT2D eigenvalue weighted by molar-refractivity contribution is 7.98. The maximum Gasteiger partial charge on any atom is 0.291 e. The van der Waals surface area contributed by atoms with Crippen molar-refractivity contribution in [2.24, 2.45) is 0 Å². The first-order valence-corrected chi connectivity index (χ1v) is 8.34. The summed E-state index contributed by atoms with van der Waals surface area (Å²) in [4.78, 5) is 13.4. The quantitative estimate of drug-likeness (QED) is 0.662. The van der Waals surface area contributed by atoms with Crippen LogP contribution in [0.5, 0.6) is 0 Å². The van der Waals surface area contributed by atoms with Crippen molar-refractivity contribution in [2.75, 3.05) is 5.32 Å². The van der Waals surface area contributed by atoms with E-state index >= 15 is 0 Å². The van der Waals surface area contributed by atoms with Crippen molar-refractivity contribution in [3.8, 4) is 0 Å². The summed E-state index contributed by atoms with van der Waals surface area (Å²) in [7, 11) is 0. The molecule has 116 valence electrons. The van der Waals surface area contributed by atoms with E-state index in [0.717, 1.165) is 17.0 Å². The lowest BCUT2D eigenvalue weighted by Gasteiger charge is -2.03. The second-order valence-corrected chi connectivity index (χ2v) is 6.24. The van der Waals surface area contributed by atoms with Gasteiger partial charge in [0.1, 0.15) is 5.76 Å². The number of anilines is 1. The first-order chi connectivity index (χ1) is 11.2. The van der Waals surface area contributed by atoms with Gasteiger partial charge in [-0.15, -0.1) is 11.8 Å². The van der Waals surface area contributed by atoms with Crippen molar-refractivity contribution in [3.63, 3.8) is 0 Å².